The van der Waals surface area contributed by atoms with Crippen LogP contribution in [0.5, 0.6) is 0 Å². The maximum Gasteiger partial charge on any atom is 0.256 e. The summed E-state index contributed by atoms with van der Waals surface area (Å²) in [4.78, 5) is 14.7. The predicted octanol–water partition coefficient (Wildman–Crippen LogP) is 2.22. The van der Waals surface area contributed by atoms with Crippen molar-refractivity contribution in [2.24, 2.45) is 5.92 Å². The molecule has 0 radical (unpaired) electrons. The number of hydrogen-bond donors (Lipinski definition) is 1. The van der Waals surface area contributed by atoms with E-state index in [1.807, 2.05) is 42.2 Å². The average Bonchev–Trinajstić information content (AvgIpc) is 2.55. The number of ether oxygens (including phenoxy) is 1. The van der Waals surface area contributed by atoms with Crippen LogP contribution in [-0.2, 0) is 9.53 Å². The molecular weight excluding hydrogens is 264 g/mol. The summed E-state index contributed by atoms with van der Waals surface area (Å²) >= 11 is 0. The molecule has 0 spiro atoms. The number of hydrogen-bond acceptors (Lipinski definition) is 3. The van der Waals surface area contributed by atoms with E-state index >= 15 is 0 Å². The van der Waals surface area contributed by atoms with Gasteiger partial charge in [-0.2, -0.15) is 0 Å². The second kappa shape index (κ2) is 8.15. The van der Waals surface area contributed by atoms with Gasteiger partial charge < -0.3 is 15.0 Å². The predicted molar refractivity (Wildman–Crippen MR) is 84.0 cm³/mol. The largest absolute Gasteiger partial charge is 0.367 e. The van der Waals surface area contributed by atoms with E-state index in [1.54, 1.807) is 7.11 Å². The summed E-state index contributed by atoms with van der Waals surface area (Å²) in [5, 5.41) is 3.37. The summed E-state index contributed by atoms with van der Waals surface area (Å²) < 4.78 is 5.47. The van der Waals surface area contributed by atoms with Crippen LogP contribution in [0.1, 0.15) is 31.4 Å². The van der Waals surface area contributed by atoms with Gasteiger partial charge in [0.25, 0.3) is 5.91 Å². The van der Waals surface area contributed by atoms with Crippen molar-refractivity contribution in [2.45, 2.75) is 25.9 Å². The first-order valence-corrected chi connectivity index (χ1v) is 7.83. The third-order valence-corrected chi connectivity index (χ3v) is 4.19. The smallest absolute Gasteiger partial charge is 0.256 e. The lowest BCUT2D eigenvalue weighted by Gasteiger charge is -2.31. The molecular formula is C17H26N2O2. The minimum absolute atomic E-state index is 0.0738. The van der Waals surface area contributed by atoms with Crippen molar-refractivity contribution in [3.05, 3.63) is 35.9 Å². The van der Waals surface area contributed by atoms with Crippen LogP contribution in [0.4, 0.5) is 0 Å². The van der Waals surface area contributed by atoms with Crippen molar-refractivity contribution < 1.29 is 9.53 Å². The van der Waals surface area contributed by atoms with Gasteiger partial charge in [-0.25, -0.2) is 0 Å². The number of carbonyl (C=O) groups excluding carboxylic acids is 1. The number of nitrogens with zero attached hydrogens (tertiary/aromatic N) is 1. The van der Waals surface area contributed by atoms with Gasteiger partial charge in [-0.1, -0.05) is 30.3 Å². The van der Waals surface area contributed by atoms with Crippen LogP contribution in [0.3, 0.4) is 0 Å². The Labute approximate surface area is 127 Å². The number of amides is 1. The quantitative estimate of drug-likeness (QED) is 0.873. The Morgan fingerprint density at radius 3 is 2.57 bits per heavy atom. The molecule has 1 heterocycles. The van der Waals surface area contributed by atoms with E-state index in [1.165, 1.54) is 0 Å². The number of piperidine rings is 1. The first kappa shape index (κ1) is 16.0. The summed E-state index contributed by atoms with van der Waals surface area (Å²) in [6, 6.07) is 9.73. The fourth-order valence-electron chi connectivity index (χ4n) is 2.92. The summed E-state index contributed by atoms with van der Waals surface area (Å²) in [5.74, 6) is 0.674. The zero-order valence-corrected chi connectivity index (χ0v) is 13.0. The number of methoxy groups -OCH3 is 1. The Morgan fingerprint density at radius 2 is 2.00 bits per heavy atom. The molecule has 1 aliphatic heterocycles. The van der Waals surface area contributed by atoms with Crippen LogP contribution in [0.2, 0.25) is 0 Å². The van der Waals surface area contributed by atoms with Gasteiger partial charge in [0.2, 0.25) is 0 Å². The van der Waals surface area contributed by atoms with Crippen molar-refractivity contribution in [2.75, 3.05) is 33.3 Å². The molecule has 1 atom stereocenters. The third-order valence-electron chi connectivity index (χ3n) is 4.19. The maximum atomic E-state index is 12.8. The second-order valence-corrected chi connectivity index (χ2v) is 5.60. The Balaban J connectivity index is 2.03. The van der Waals surface area contributed by atoms with Crippen molar-refractivity contribution in [3.8, 4) is 0 Å². The Bertz CT molecular complexity index is 430. The molecule has 1 fully saturated rings. The second-order valence-electron chi connectivity index (χ2n) is 5.60. The van der Waals surface area contributed by atoms with E-state index in [4.69, 9.17) is 4.74 Å². The lowest BCUT2D eigenvalue weighted by Crippen LogP contribution is -2.41. The standard InChI is InChI=1S/C17H26N2O2/c1-3-19(13-14-9-11-18-12-10-14)17(20)16(21-2)15-7-5-4-6-8-15/h4-8,14,16,18H,3,9-13H2,1-2H3. The zero-order valence-electron chi connectivity index (χ0n) is 13.0. The Kier molecular flexibility index (Phi) is 6.21. The molecule has 1 aromatic rings. The topological polar surface area (TPSA) is 41.6 Å². The first-order chi connectivity index (χ1) is 10.3. The highest BCUT2D eigenvalue weighted by molar-refractivity contribution is 5.82. The molecule has 4 heteroatoms. The number of benzene rings is 1. The van der Waals surface area contributed by atoms with Crippen molar-refractivity contribution in [1.82, 2.24) is 10.2 Å². The molecule has 116 valence electrons. The maximum absolute atomic E-state index is 12.8. The Hall–Kier alpha value is -1.39. The van der Waals surface area contributed by atoms with E-state index in [2.05, 4.69) is 5.32 Å². The number of rotatable bonds is 6. The van der Waals surface area contributed by atoms with Gasteiger partial charge in [0.15, 0.2) is 6.10 Å². The van der Waals surface area contributed by atoms with Gasteiger partial charge in [-0.3, -0.25) is 4.79 Å². The highest BCUT2D eigenvalue weighted by Crippen LogP contribution is 2.21. The van der Waals surface area contributed by atoms with Gasteiger partial charge in [0, 0.05) is 20.2 Å². The lowest BCUT2D eigenvalue weighted by atomic mass is 9.97. The summed E-state index contributed by atoms with van der Waals surface area (Å²) in [6.45, 7) is 5.72. The van der Waals surface area contributed by atoms with Gasteiger partial charge in [0.1, 0.15) is 0 Å². The van der Waals surface area contributed by atoms with Crippen LogP contribution >= 0.6 is 0 Å². The minimum Gasteiger partial charge on any atom is -0.367 e. The molecule has 1 amide bonds. The number of carbonyl (C=O) groups is 1. The number of nitrogens with one attached hydrogen (secondary N) is 1. The summed E-state index contributed by atoms with van der Waals surface area (Å²) in [5.41, 5.74) is 0.925. The first-order valence-electron chi connectivity index (χ1n) is 7.83. The molecule has 2 rings (SSSR count). The SMILES string of the molecule is CCN(CC1CCNCC1)C(=O)C(OC)c1ccccc1. The average molecular weight is 290 g/mol. The van der Waals surface area contributed by atoms with E-state index in [0.29, 0.717) is 5.92 Å². The fourth-order valence-corrected chi connectivity index (χ4v) is 2.92. The van der Waals surface area contributed by atoms with Gasteiger partial charge >= 0.3 is 0 Å². The summed E-state index contributed by atoms with van der Waals surface area (Å²) in [6.07, 6.45) is 1.80. The molecule has 0 bridgehead atoms. The molecule has 1 unspecified atom stereocenters. The molecule has 1 aromatic carbocycles. The minimum atomic E-state index is -0.493. The highest BCUT2D eigenvalue weighted by atomic mass is 16.5. The van der Waals surface area contributed by atoms with Crippen LogP contribution in [-0.4, -0.2) is 44.1 Å². The van der Waals surface area contributed by atoms with E-state index in [0.717, 1.165) is 44.6 Å². The fraction of sp³-hybridized carbons (Fsp3) is 0.588. The van der Waals surface area contributed by atoms with Gasteiger partial charge in [0.05, 0.1) is 0 Å². The zero-order chi connectivity index (χ0) is 15.1. The van der Waals surface area contributed by atoms with Crippen molar-refractivity contribution in [1.29, 1.82) is 0 Å². The third kappa shape index (κ3) is 4.29. The van der Waals surface area contributed by atoms with Crippen LogP contribution in [0.25, 0.3) is 0 Å². The van der Waals surface area contributed by atoms with Crippen LogP contribution in [0, 0.1) is 5.92 Å². The molecule has 1 N–H and O–H groups in total. The molecule has 1 aliphatic rings. The van der Waals surface area contributed by atoms with Crippen molar-refractivity contribution >= 4 is 5.91 Å². The normalized spacial score (nSPS) is 17.4. The molecule has 0 saturated carbocycles. The van der Waals surface area contributed by atoms with Crippen molar-refractivity contribution in [3.63, 3.8) is 0 Å². The van der Waals surface area contributed by atoms with E-state index < -0.39 is 6.10 Å². The lowest BCUT2D eigenvalue weighted by molar-refractivity contribution is -0.143. The van der Waals surface area contributed by atoms with Gasteiger partial charge in [-0.05, 0) is 44.3 Å². The number of likely N-dealkylation sites (N-methyl/N-ethyl adjacent to an activating group) is 1. The monoisotopic (exact) mass is 290 g/mol. The van der Waals surface area contributed by atoms with E-state index in [9.17, 15) is 4.79 Å². The molecule has 0 aliphatic carbocycles. The molecule has 4 nitrogen and oxygen atoms in total. The highest BCUT2D eigenvalue weighted by Gasteiger charge is 2.27. The molecule has 1 saturated heterocycles. The van der Waals surface area contributed by atoms with Crippen LogP contribution in [0.15, 0.2) is 30.3 Å². The van der Waals surface area contributed by atoms with E-state index in [-0.39, 0.29) is 5.91 Å². The van der Waals surface area contributed by atoms with Gasteiger partial charge in [-0.15, -0.1) is 0 Å². The molecule has 21 heavy (non-hydrogen) atoms. The summed E-state index contributed by atoms with van der Waals surface area (Å²) in [7, 11) is 1.61. The van der Waals surface area contributed by atoms with Crippen LogP contribution < -0.4 is 5.32 Å². The molecule has 0 aromatic heterocycles. The Morgan fingerprint density at radius 1 is 1.33 bits per heavy atom.